The second-order valence-electron chi connectivity index (χ2n) is 4.56. The van der Waals surface area contributed by atoms with Crippen molar-refractivity contribution in [3.63, 3.8) is 0 Å². The summed E-state index contributed by atoms with van der Waals surface area (Å²) >= 11 is 0. The first kappa shape index (κ1) is 10.8. The molecule has 1 aromatic rings. The summed E-state index contributed by atoms with van der Waals surface area (Å²) in [5.41, 5.74) is 1.74. The summed E-state index contributed by atoms with van der Waals surface area (Å²) in [4.78, 5) is 0. The molecule has 2 fully saturated rings. The van der Waals surface area contributed by atoms with Crippen LogP contribution in [0.3, 0.4) is 0 Å². The van der Waals surface area contributed by atoms with Crippen LogP contribution >= 0.6 is 12.4 Å². The van der Waals surface area contributed by atoms with Gasteiger partial charge in [0.05, 0.1) is 0 Å². The van der Waals surface area contributed by atoms with Crippen LogP contribution < -0.4 is 5.32 Å². The number of rotatable bonds is 1. The van der Waals surface area contributed by atoms with Gasteiger partial charge in [0, 0.05) is 5.41 Å². The predicted octanol–water partition coefficient (Wildman–Crippen LogP) is 2.06. The van der Waals surface area contributed by atoms with Crippen molar-refractivity contribution in [2.75, 3.05) is 13.1 Å². The van der Waals surface area contributed by atoms with E-state index >= 15 is 0 Å². The molecule has 1 saturated heterocycles. The molecule has 2 unspecified atom stereocenters. The van der Waals surface area contributed by atoms with E-state index in [1.54, 1.807) is 6.07 Å². The van der Waals surface area contributed by atoms with Crippen molar-refractivity contribution in [3.8, 4) is 5.75 Å². The molecular formula is C12H16ClNO. The van der Waals surface area contributed by atoms with E-state index in [1.807, 2.05) is 12.1 Å². The van der Waals surface area contributed by atoms with E-state index in [-0.39, 0.29) is 12.4 Å². The molecule has 0 aromatic heterocycles. The van der Waals surface area contributed by atoms with Crippen LogP contribution in [0.1, 0.15) is 18.4 Å². The molecule has 15 heavy (non-hydrogen) atoms. The van der Waals surface area contributed by atoms with Gasteiger partial charge in [0.1, 0.15) is 5.75 Å². The third-order valence-corrected chi connectivity index (χ3v) is 3.79. The van der Waals surface area contributed by atoms with Crippen molar-refractivity contribution in [2.45, 2.75) is 18.3 Å². The van der Waals surface area contributed by atoms with Crippen molar-refractivity contribution in [1.29, 1.82) is 0 Å². The zero-order valence-corrected chi connectivity index (χ0v) is 9.39. The molecule has 3 rings (SSSR count). The molecule has 0 radical (unpaired) electrons. The summed E-state index contributed by atoms with van der Waals surface area (Å²) in [6.45, 7) is 2.27. The Hall–Kier alpha value is -0.730. The Bertz CT molecular complexity index is 368. The number of piperidine rings is 1. The molecule has 2 aliphatic rings. The summed E-state index contributed by atoms with van der Waals surface area (Å²) in [5, 5.41) is 12.9. The Kier molecular flexibility index (Phi) is 2.65. The van der Waals surface area contributed by atoms with Gasteiger partial charge in [-0.2, -0.15) is 0 Å². The van der Waals surface area contributed by atoms with E-state index in [9.17, 15) is 5.11 Å². The van der Waals surface area contributed by atoms with Crippen LogP contribution in [0.4, 0.5) is 0 Å². The summed E-state index contributed by atoms with van der Waals surface area (Å²) in [6, 6.07) is 7.80. The zero-order chi connectivity index (χ0) is 9.60. The summed E-state index contributed by atoms with van der Waals surface area (Å²) < 4.78 is 0. The van der Waals surface area contributed by atoms with Gasteiger partial charge in [0.2, 0.25) is 0 Å². The van der Waals surface area contributed by atoms with Crippen LogP contribution in [0.2, 0.25) is 0 Å². The Balaban J connectivity index is 0.000000853. The number of nitrogens with one attached hydrogen (secondary N) is 1. The molecule has 2 atom stereocenters. The van der Waals surface area contributed by atoms with Gasteiger partial charge in [-0.3, -0.25) is 0 Å². The molecule has 1 aliphatic carbocycles. The number of phenolic OH excluding ortho intramolecular Hbond substituents is 1. The second-order valence-corrected chi connectivity index (χ2v) is 4.56. The quantitative estimate of drug-likeness (QED) is 0.767. The van der Waals surface area contributed by atoms with Gasteiger partial charge in [-0.25, -0.2) is 0 Å². The van der Waals surface area contributed by atoms with E-state index in [1.165, 1.54) is 18.4 Å². The standard InChI is InChI=1S/C12H15NO.ClH/c14-11-3-1-2-9(6-11)12-4-5-13-8-10(12)7-12;/h1-3,6,10,13-14H,4-5,7-8H2;1H. The molecule has 1 aromatic carbocycles. The van der Waals surface area contributed by atoms with Crippen molar-refractivity contribution in [1.82, 2.24) is 5.32 Å². The fourth-order valence-corrected chi connectivity index (χ4v) is 2.86. The lowest BCUT2D eigenvalue weighted by molar-refractivity contribution is 0.439. The average Bonchev–Trinajstić information content (AvgIpc) is 2.93. The molecule has 3 heteroatoms. The van der Waals surface area contributed by atoms with Crippen molar-refractivity contribution in [2.24, 2.45) is 5.92 Å². The highest BCUT2D eigenvalue weighted by Gasteiger charge is 2.55. The Morgan fingerprint density at radius 3 is 3.00 bits per heavy atom. The molecule has 0 spiro atoms. The van der Waals surface area contributed by atoms with Crippen molar-refractivity contribution in [3.05, 3.63) is 29.8 Å². The van der Waals surface area contributed by atoms with Gasteiger partial charge in [-0.1, -0.05) is 12.1 Å². The van der Waals surface area contributed by atoms with Gasteiger partial charge in [-0.15, -0.1) is 12.4 Å². The van der Waals surface area contributed by atoms with Gasteiger partial charge in [-0.05, 0) is 49.5 Å². The molecule has 0 amide bonds. The fraction of sp³-hybridized carbons (Fsp3) is 0.500. The lowest BCUT2D eigenvalue weighted by Crippen LogP contribution is -2.31. The molecule has 82 valence electrons. The van der Waals surface area contributed by atoms with E-state index in [0.29, 0.717) is 11.2 Å². The number of halogens is 1. The van der Waals surface area contributed by atoms with E-state index in [0.717, 1.165) is 19.0 Å². The largest absolute Gasteiger partial charge is 0.508 e. The monoisotopic (exact) mass is 225 g/mol. The highest BCUT2D eigenvalue weighted by molar-refractivity contribution is 5.85. The molecule has 0 bridgehead atoms. The third kappa shape index (κ3) is 1.62. The van der Waals surface area contributed by atoms with Gasteiger partial charge in [0.25, 0.3) is 0 Å². The minimum atomic E-state index is 0. The normalized spacial score (nSPS) is 32.7. The summed E-state index contributed by atoms with van der Waals surface area (Å²) in [7, 11) is 0. The first-order chi connectivity index (χ1) is 6.81. The zero-order valence-electron chi connectivity index (χ0n) is 8.57. The van der Waals surface area contributed by atoms with Gasteiger partial charge < -0.3 is 10.4 Å². The van der Waals surface area contributed by atoms with Gasteiger partial charge >= 0.3 is 0 Å². The molecular weight excluding hydrogens is 210 g/mol. The van der Waals surface area contributed by atoms with Crippen LogP contribution in [0.5, 0.6) is 5.75 Å². The van der Waals surface area contributed by atoms with E-state index in [4.69, 9.17) is 0 Å². The maximum atomic E-state index is 9.46. The Morgan fingerprint density at radius 2 is 2.27 bits per heavy atom. The fourth-order valence-electron chi connectivity index (χ4n) is 2.86. The highest BCUT2D eigenvalue weighted by Crippen LogP contribution is 2.57. The van der Waals surface area contributed by atoms with Crippen molar-refractivity contribution < 1.29 is 5.11 Å². The number of benzene rings is 1. The SMILES string of the molecule is Cl.Oc1cccc(C23CCNCC2C3)c1. The number of hydrogen-bond donors (Lipinski definition) is 2. The predicted molar refractivity (Wildman–Crippen MR) is 62.6 cm³/mol. The van der Waals surface area contributed by atoms with Crippen molar-refractivity contribution >= 4 is 12.4 Å². The lowest BCUT2D eigenvalue weighted by Gasteiger charge is -2.23. The lowest BCUT2D eigenvalue weighted by atomic mass is 9.88. The smallest absolute Gasteiger partial charge is 0.115 e. The van der Waals surface area contributed by atoms with Crippen LogP contribution in [-0.4, -0.2) is 18.2 Å². The number of aromatic hydroxyl groups is 1. The third-order valence-electron chi connectivity index (χ3n) is 3.79. The summed E-state index contributed by atoms with van der Waals surface area (Å²) in [5.74, 6) is 1.21. The second kappa shape index (κ2) is 3.69. The molecule has 1 aliphatic heterocycles. The average molecular weight is 226 g/mol. The maximum absolute atomic E-state index is 9.46. The van der Waals surface area contributed by atoms with Crippen LogP contribution in [0.25, 0.3) is 0 Å². The molecule has 1 saturated carbocycles. The van der Waals surface area contributed by atoms with Gasteiger partial charge in [0.15, 0.2) is 0 Å². The first-order valence-electron chi connectivity index (χ1n) is 5.31. The summed E-state index contributed by atoms with van der Waals surface area (Å²) in [6.07, 6.45) is 2.52. The molecule has 1 heterocycles. The first-order valence-corrected chi connectivity index (χ1v) is 5.31. The molecule has 2 nitrogen and oxygen atoms in total. The maximum Gasteiger partial charge on any atom is 0.115 e. The topological polar surface area (TPSA) is 32.3 Å². The van der Waals surface area contributed by atoms with Crippen LogP contribution in [-0.2, 0) is 5.41 Å². The van der Waals surface area contributed by atoms with E-state index < -0.39 is 0 Å². The highest BCUT2D eigenvalue weighted by atomic mass is 35.5. The van der Waals surface area contributed by atoms with E-state index in [2.05, 4.69) is 11.4 Å². The number of fused-ring (bicyclic) bond motifs is 1. The number of phenols is 1. The minimum Gasteiger partial charge on any atom is -0.508 e. The Morgan fingerprint density at radius 1 is 1.40 bits per heavy atom. The van der Waals surface area contributed by atoms with Crippen LogP contribution in [0.15, 0.2) is 24.3 Å². The number of hydrogen-bond acceptors (Lipinski definition) is 2. The van der Waals surface area contributed by atoms with Crippen LogP contribution in [0, 0.1) is 5.92 Å². The Labute approximate surface area is 96.1 Å². The minimum absolute atomic E-state index is 0. The molecule has 2 N–H and O–H groups in total.